The first kappa shape index (κ1) is 116. The third kappa shape index (κ3) is 14.7. The zero-order valence-electron chi connectivity index (χ0n) is 2.00. The molecule has 4 heteroatoms. The smallest absolute Gasteiger partial charge is 0 e. The van der Waals surface area contributed by atoms with Crippen LogP contribution in [0.1, 0.15) is 0 Å². The van der Waals surface area contributed by atoms with E-state index >= 15 is 0 Å². The fourth-order valence-electron chi connectivity index (χ4n) is 0. The molecule has 0 aromatic carbocycles. The van der Waals surface area contributed by atoms with E-state index in [0.29, 0.717) is 0 Å². The molecule has 0 radical (unpaired) electrons. The van der Waals surface area contributed by atoms with Crippen molar-refractivity contribution in [2.75, 3.05) is 0 Å². The molecule has 0 amide bonds. The van der Waals surface area contributed by atoms with Crippen LogP contribution in [0.2, 0.25) is 0 Å². The second kappa shape index (κ2) is 49.3. The van der Waals surface area contributed by atoms with Crippen LogP contribution in [0.5, 0.6) is 0 Å². The Morgan fingerprint density at radius 1 is 0.500 bits per heavy atom. The third-order valence-electron chi connectivity index (χ3n) is 0. The Bertz CT molecular complexity index is 3.25. The van der Waals surface area contributed by atoms with Gasteiger partial charge in [-0.3, -0.25) is 0 Å². The van der Waals surface area contributed by atoms with E-state index in [9.17, 15) is 0 Å². The van der Waals surface area contributed by atoms with Gasteiger partial charge in [-0.1, -0.05) is 0 Å². The van der Waals surface area contributed by atoms with Gasteiger partial charge in [0.1, 0.15) is 0 Å². The van der Waals surface area contributed by atoms with E-state index < -0.39 is 0 Å². The van der Waals surface area contributed by atoms with Gasteiger partial charge >= 0.3 is 0 Å². The van der Waals surface area contributed by atoms with Crippen LogP contribution in [-0.4, -0.2) is 16.4 Å². The minimum atomic E-state index is 0. The van der Waals surface area contributed by atoms with E-state index in [1.54, 1.807) is 0 Å². The zero-order valence-corrected chi connectivity index (χ0v) is 4.46. The van der Waals surface area contributed by atoms with Crippen LogP contribution in [0.3, 0.4) is 0 Å². The van der Waals surface area contributed by atoms with E-state index in [0.717, 1.165) is 0 Å². The van der Waals surface area contributed by atoms with Crippen molar-refractivity contribution in [2.24, 2.45) is 0 Å². The first-order valence-electron chi connectivity index (χ1n) is 0. The summed E-state index contributed by atoms with van der Waals surface area (Å²) in [5, 5.41) is 0. The molecular weight excluding hydrogens is 139 g/mol. The fourth-order valence-corrected chi connectivity index (χ4v) is 0. The first-order valence-corrected chi connectivity index (χ1v) is 0. The minimum absolute atomic E-state index is 0. The van der Waals surface area contributed by atoms with Gasteiger partial charge in [0.05, 0.1) is 0 Å². The molecule has 0 aromatic rings. The Kier molecular flexibility index (Phi) is 1430. The quantitative estimate of drug-likeness (QED) is 0.361. The van der Waals surface area contributed by atoms with Crippen molar-refractivity contribution >= 4 is 0 Å². The molecule has 0 spiro atoms. The van der Waals surface area contributed by atoms with Crippen molar-refractivity contribution < 1.29 is 42.6 Å². The molecule has 0 atom stereocenters. The molecule has 0 aliphatic carbocycles. The summed E-state index contributed by atoms with van der Waals surface area (Å²) in [6, 6.07) is 0. The summed E-state index contributed by atoms with van der Waals surface area (Å²) in [4.78, 5) is 0. The van der Waals surface area contributed by atoms with Gasteiger partial charge in [0, 0.05) is 26.2 Å². The van der Waals surface area contributed by atoms with E-state index in [1.807, 2.05) is 0 Å². The van der Waals surface area contributed by atoms with Crippen LogP contribution in [0, 0.1) is 0 Å². The standard InChI is InChI=1S/3H2O.Zr/h3*1H2;. The zero-order chi connectivity index (χ0) is 0. The van der Waals surface area contributed by atoms with Crippen molar-refractivity contribution in [3.05, 3.63) is 0 Å². The summed E-state index contributed by atoms with van der Waals surface area (Å²) >= 11 is 0. The summed E-state index contributed by atoms with van der Waals surface area (Å²) in [6.07, 6.45) is 0. The number of hydrogen-bond acceptors (Lipinski definition) is 0. The van der Waals surface area contributed by atoms with Gasteiger partial charge in [-0.25, -0.2) is 0 Å². The maximum Gasteiger partial charge on any atom is 0 e. The summed E-state index contributed by atoms with van der Waals surface area (Å²) in [5.41, 5.74) is 0. The van der Waals surface area contributed by atoms with Crippen molar-refractivity contribution in [2.45, 2.75) is 0 Å². The molecule has 0 unspecified atom stereocenters. The Hall–Kier alpha value is 0.763. The predicted molar refractivity (Wildman–Crippen MR) is 10.8 cm³/mol. The van der Waals surface area contributed by atoms with Crippen molar-refractivity contribution in [3.63, 3.8) is 0 Å². The second-order valence-corrected chi connectivity index (χ2v) is 0. The molecule has 0 saturated heterocycles. The SMILES string of the molecule is O.O.O.[Zr]. The molecular formula is H6O3Zr. The van der Waals surface area contributed by atoms with Crippen molar-refractivity contribution in [1.29, 1.82) is 0 Å². The van der Waals surface area contributed by atoms with Gasteiger partial charge in [0.2, 0.25) is 0 Å². The molecule has 0 rings (SSSR count). The number of rotatable bonds is 0. The molecule has 0 heterocycles. The molecule has 3 nitrogen and oxygen atoms in total. The van der Waals surface area contributed by atoms with Gasteiger partial charge in [0.15, 0.2) is 0 Å². The van der Waals surface area contributed by atoms with Gasteiger partial charge in [-0.05, 0) is 0 Å². The van der Waals surface area contributed by atoms with E-state index in [1.165, 1.54) is 0 Å². The molecule has 0 fully saturated rings. The monoisotopic (exact) mass is 144 g/mol. The predicted octanol–water partition coefficient (Wildman–Crippen LogP) is -2.48. The molecule has 28 valence electrons. The van der Waals surface area contributed by atoms with Crippen LogP contribution in [0.4, 0.5) is 0 Å². The van der Waals surface area contributed by atoms with Crippen LogP contribution in [-0.2, 0) is 26.2 Å². The molecule has 4 heavy (non-hydrogen) atoms. The maximum atomic E-state index is 0. The Balaban J connectivity index is 0. The summed E-state index contributed by atoms with van der Waals surface area (Å²) in [7, 11) is 0. The molecule has 0 aromatic heterocycles. The van der Waals surface area contributed by atoms with Crippen LogP contribution in [0.25, 0.3) is 0 Å². The van der Waals surface area contributed by atoms with Crippen LogP contribution >= 0.6 is 0 Å². The fraction of sp³-hybridized carbons (Fsp3) is 0. The molecule has 6 N–H and O–H groups in total. The summed E-state index contributed by atoms with van der Waals surface area (Å²) in [5.74, 6) is 0. The maximum absolute atomic E-state index is 0. The number of hydrogen-bond donors (Lipinski definition) is 0. The Morgan fingerprint density at radius 2 is 0.500 bits per heavy atom. The molecule has 0 aliphatic heterocycles. The molecule has 0 saturated carbocycles. The summed E-state index contributed by atoms with van der Waals surface area (Å²) < 4.78 is 0. The average Bonchev–Trinajstić information content (AvgIpc) is 0. The summed E-state index contributed by atoms with van der Waals surface area (Å²) in [6.45, 7) is 0. The molecule has 0 bridgehead atoms. The molecule has 0 aliphatic rings. The normalized spacial score (nSPS) is 0. The van der Waals surface area contributed by atoms with E-state index in [-0.39, 0.29) is 42.6 Å². The average molecular weight is 145 g/mol. The van der Waals surface area contributed by atoms with Crippen molar-refractivity contribution in [3.8, 4) is 0 Å². The van der Waals surface area contributed by atoms with Gasteiger partial charge in [-0.2, -0.15) is 0 Å². The van der Waals surface area contributed by atoms with Gasteiger partial charge < -0.3 is 16.4 Å². The van der Waals surface area contributed by atoms with E-state index in [2.05, 4.69) is 0 Å². The second-order valence-electron chi connectivity index (χ2n) is 0. The minimum Gasteiger partial charge on any atom is -0.412 e. The van der Waals surface area contributed by atoms with E-state index in [4.69, 9.17) is 0 Å². The third-order valence-corrected chi connectivity index (χ3v) is 0. The van der Waals surface area contributed by atoms with Crippen LogP contribution in [0.15, 0.2) is 0 Å². The Morgan fingerprint density at radius 3 is 0.500 bits per heavy atom. The largest absolute Gasteiger partial charge is 0.412 e. The first-order chi connectivity index (χ1) is 0. The van der Waals surface area contributed by atoms with Gasteiger partial charge in [-0.15, -0.1) is 0 Å². The van der Waals surface area contributed by atoms with Crippen LogP contribution < -0.4 is 0 Å². The van der Waals surface area contributed by atoms with Crippen molar-refractivity contribution in [1.82, 2.24) is 0 Å². The topological polar surface area (TPSA) is 94.5 Å². The van der Waals surface area contributed by atoms with Gasteiger partial charge in [0.25, 0.3) is 0 Å². The Labute approximate surface area is 43.1 Å².